The molecule has 20 heavy (non-hydrogen) atoms. The molecule has 0 radical (unpaired) electrons. The van der Waals surface area contributed by atoms with Gasteiger partial charge in [-0.15, -0.1) is 0 Å². The minimum absolute atomic E-state index is 0.221. The van der Waals surface area contributed by atoms with Gasteiger partial charge in [0.05, 0.1) is 0 Å². The van der Waals surface area contributed by atoms with Crippen molar-refractivity contribution in [1.29, 1.82) is 0 Å². The second kappa shape index (κ2) is 6.89. The van der Waals surface area contributed by atoms with E-state index in [0.29, 0.717) is 6.42 Å². The standard InChI is InChI=1S/C17H26N2O/c1-4-17(20)15-5-7-16(8-6-15)19-11-9-18(10-12-19)13-14(2)3/h5-8,14H,4,9-13H2,1-3H3. The van der Waals surface area contributed by atoms with Crippen LogP contribution in [0, 0.1) is 5.92 Å². The SMILES string of the molecule is CCC(=O)c1ccc(N2CCN(CC(C)C)CC2)cc1. The summed E-state index contributed by atoms with van der Waals surface area (Å²) in [5.41, 5.74) is 2.07. The number of piperazine rings is 1. The summed E-state index contributed by atoms with van der Waals surface area (Å²) in [5.74, 6) is 0.958. The number of Topliss-reactive ketones (excluding diaryl/α,β-unsaturated/α-hetero) is 1. The molecule has 0 saturated carbocycles. The fourth-order valence-electron chi connectivity index (χ4n) is 2.77. The predicted molar refractivity (Wildman–Crippen MR) is 84.6 cm³/mol. The van der Waals surface area contributed by atoms with E-state index in [4.69, 9.17) is 0 Å². The van der Waals surface area contributed by atoms with Crippen molar-refractivity contribution in [3.63, 3.8) is 0 Å². The summed E-state index contributed by atoms with van der Waals surface area (Å²) >= 11 is 0. The van der Waals surface area contributed by atoms with Crippen LogP contribution in [0.15, 0.2) is 24.3 Å². The third kappa shape index (κ3) is 3.83. The fourth-order valence-corrected chi connectivity index (χ4v) is 2.77. The normalized spacial score (nSPS) is 16.7. The van der Waals surface area contributed by atoms with Gasteiger partial charge in [-0.1, -0.05) is 20.8 Å². The maximum absolute atomic E-state index is 11.6. The van der Waals surface area contributed by atoms with Crippen molar-refractivity contribution in [2.45, 2.75) is 27.2 Å². The van der Waals surface area contributed by atoms with Gasteiger partial charge < -0.3 is 4.90 Å². The van der Waals surface area contributed by atoms with E-state index in [9.17, 15) is 4.79 Å². The van der Waals surface area contributed by atoms with E-state index >= 15 is 0 Å². The van der Waals surface area contributed by atoms with E-state index in [1.807, 2.05) is 19.1 Å². The molecule has 0 amide bonds. The highest BCUT2D eigenvalue weighted by molar-refractivity contribution is 5.96. The summed E-state index contributed by atoms with van der Waals surface area (Å²) in [4.78, 5) is 16.6. The molecule has 1 aromatic rings. The lowest BCUT2D eigenvalue weighted by Crippen LogP contribution is -2.47. The number of anilines is 1. The Hall–Kier alpha value is -1.35. The quantitative estimate of drug-likeness (QED) is 0.771. The van der Waals surface area contributed by atoms with Gasteiger partial charge in [0.15, 0.2) is 5.78 Å². The smallest absolute Gasteiger partial charge is 0.162 e. The van der Waals surface area contributed by atoms with Crippen molar-refractivity contribution >= 4 is 11.5 Å². The number of benzene rings is 1. The molecule has 1 heterocycles. The zero-order valence-electron chi connectivity index (χ0n) is 12.9. The first kappa shape index (κ1) is 15.0. The van der Waals surface area contributed by atoms with E-state index in [2.05, 4.69) is 35.8 Å². The lowest BCUT2D eigenvalue weighted by Gasteiger charge is -2.36. The Bertz CT molecular complexity index is 431. The third-order valence-electron chi connectivity index (χ3n) is 3.87. The summed E-state index contributed by atoms with van der Waals surface area (Å²) in [6, 6.07) is 8.09. The number of hydrogen-bond acceptors (Lipinski definition) is 3. The highest BCUT2D eigenvalue weighted by Gasteiger charge is 2.17. The van der Waals surface area contributed by atoms with Crippen LogP contribution in [0.2, 0.25) is 0 Å². The van der Waals surface area contributed by atoms with Crippen molar-refractivity contribution in [3.8, 4) is 0 Å². The second-order valence-electron chi connectivity index (χ2n) is 6.01. The van der Waals surface area contributed by atoms with Gasteiger partial charge in [0.1, 0.15) is 0 Å². The molecule has 1 aliphatic heterocycles. The zero-order valence-corrected chi connectivity index (χ0v) is 12.9. The largest absolute Gasteiger partial charge is 0.369 e. The molecule has 2 rings (SSSR count). The molecular formula is C17H26N2O. The molecule has 1 fully saturated rings. The van der Waals surface area contributed by atoms with Crippen molar-refractivity contribution in [1.82, 2.24) is 4.90 Å². The molecular weight excluding hydrogens is 248 g/mol. The molecule has 1 aliphatic rings. The molecule has 3 heteroatoms. The van der Waals surface area contributed by atoms with Gasteiger partial charge in [-0.05, 0) is 30.2 Å². The Morgan fingerprint density at radius 1 is 1.10 bits per heavy atom. The van der Waals surface area contributed by atoms with Gasteiger partial charge in [0.25, 0.3) is 0 Å². The van der Waals surface area contributed by atoms with Gasteiger partial charge in [0.2, 0.25) is 0 Å². The Kier molecular flexibility index (Phi) is 5.18. The first-order valence-corrected chi connectivity index (χ1v) is 7.70. The lowest BCUT2D eigenvalue weighted by molar-refractivity contribution is 0.0988. The highest BCUT2D eigenvalue weighted by Crippen LogP contribution is 2.18. The number of rotatable bonds is 5. The summed E-state index contributed by atoms with van der Waals surface area (Å²) in [5, 5.41) is 0. The molecule has 0 bridgehead atoms. The Labute approximate surface area is 122 Å². The average Bonchev–Trinajstić information content (AvgIpc) is 2.47. The first-order chi connectivity index (χ1) is 9.60. The lowest BCUT2D eigenvalue weighted by atomic mass is 10.1. The Morgan fingerprint density at radius 3 is 2.20 bits per heavy atom. The van der Waals surface area contributed by atoms with E-state index in [0.717, 1.165) is 37.7 Å². The van der Waals surface area contributed by atoms with Crippen LogP contribution in [0.3, 0.4) is 0 Å². The second-order valence-corrected chi connectivity index (χ2v) is 6.01. The van der Waals surface area contributed by atoms with Crippen LogP contribution in [0.1, 0.15) is 37.6 Å². The first-order valence-electron chi connectivity index (χ1n) is 7.70. The van der Waals surface area contributed by atoms with Crippen LogP contribution in [-0.2, 0) is 0 Å². The van der Waals surface area contributed by atoms with Crippen molar-refractivity contribution in [2.24, 2.45) is 5.92 Å². The molecule has 0 atom stereocenters. The van der Waals surface area contributed by atoms with Crippen LogP contribution in [0.25, 0.3) is 0 Å². The monoisotopic (exact) mass is 274 g/mol. The van der Waals surface area contributed by atoms with Crippen LogP contribution < -0.4 is 4.90 Å². The summed E-state index contributed by atoms with van der Waals surface area (Å²) in [6.45, 7) is 12.1. The molecule has 0 aliphatic carbocycles. The molecule has 0 unspecified atom stereocenters. The van der Waals surface area contributed by atoms with Crippen LogP contribution in [-0.4, -0.2) is 43.4 Å². The molecule has 1 saturated heterocycles. The van der Waals surface area contributed by atoms with Crippen molar-refractivity contribution in [2.75, 3.05) is 37.6 Å². The van der Waals surface area contributed by atoms with Gasteiger partial charge in [-0.25, -0.2) is 0 Å². The predicted octanol–water partition coefficient (Wildman–Crippen LogP) is 3.06. The zero-order chi connectivity index (χ0) is 14.5. The van der Waals surface area contributed by atoms with E-state index in [-0.39, 0.29) is 5.78 Å². The van der Waals surface area contributed by atoms with Gasteiger partial charge in [0, 0.05) is 50.4 Å². The van der Waals surface area contributed by atoms with E-state index in [1.54, 1.807) is 0 Å². The minimum Gasteiger partial charge on any atom is -0.369 e. The molecule has 110 valence electrons. The highest BCUT2D eigenvalue weighted by atomic mass is 16.1. The topological polar surface area (TPSA) is 23.6 Å². The summed E-state index contributed by atoms with van der Waals surface area (Å²) in [7, 11) is 0. The maximum Gasteiger partial charge on any atom is 0.162 e. The van der Waals surface area contributed by atoms with Gasteiger partial charge in [-0.2, -0.15) is 0 Å². The number of carbonyl (C=O) groups is 1. The van der Waals surface area contributed by atoms with Crippen molar-refractivity contribution < 1.29 is 4.79 Å². The van der Waals surface area contributed by atoms with E-state index < -0.39 is 0 Å². The maximum atomic E-state index is 11.6. The van der Waals surface area contributed by atoms with E-state index in [1.165, 1.54) is 12.2 Å². The Balaban J connectivity index is 1.92. The summed E-state index contributed by atoms with van der Waals surface area (Å²) < 4.78 is 0. The van der Waals surface area contributed by atoms with Crippen molar-refractivity contribution in [3.05, 3.63) is 29.8 Å². The van der Waals surface area contributed by atoms with Gasteiger partial charge in [-0.3, -0.25) is 9.69 Å². The third-order valence-corrected chi connectivity index (χ3v) is 3.87. The molecule has 1 aromatic carbocycles. The summed E-state index contributed by atoms with van der Waals surface area (Å²) in [6.07, 6.45) is 0.577. The number of carbonyl (C=O) groups excluding carboxylic acids is 1. The van der Waals surface area contributed by atoms with Crippen LogP contribution >= 0.6 is 0 Å². The van der Waals surface area contributed by atoms with Crippen LogP contribution in [0.5, 0.6) is 0 Å². The molecule has 0 N–H and O–H groups in total. The van der Waals surface area contributed by atoms with Crippen LogP contribution in [0.4, 0.5) is 5.69 Å². The Morgan fingerprint density at radius 2 is 1.70 bits per heavy atom. The van der Waals surface area contributed by atoms with Gasteiger partial charge >= 0.3 is 0 Å². The number of ketones is 1. The number of nitrogens with zero attached hydrogens (tertiary/aromatic N) is 2. The minimum atomic E-state index is 0.221. The molecule has 0 aromatic heterocycles. The number of hydrogen-bond donors (Lipinski definition) is 0. The molecule has 0 spiro atoms. The average molecular weight is 274 g/mol. The fraction of sp³-hybridized carbons (Fsp3) is 0.588. The molecule has 3 nitrogen and oxygen atoms in total.